The molecule has 0 saturated carbocycles. The van der Waals surface area contributed by atoms with Crippen LogP contribution in [0.2, 0.25) is 0 Å². The zero-order chi connectivity index (χ0) is 9.52. The summed E-state index contributed by atoms with van der Waals surface area (Å²) >= 11 is 0. The van der Waals surface area contributed by atoms with Gasteiger partial charge in [0.15, 0.2) is 6.73 Å². The molecule has 0 atom stereocenters. The van der Waals surface area contributed by atoms with E-state index in [1.807, 2.05) is 24.3 Å². The predicted octanol–water partition coefficient (Wildman–Crippen LogP) is 1.92. The van der Waals surface area contributed by atoms with Gasteiger partial charge < -0.3 is 4.74 Å². The van der Waals surface area contributed by atoms with Crippen LogP contribution in [0.25, 0.3) is 0 Å². The number of carbonyl (C=O) groups excluding carboxylic acids is 1. The normalized spacial score (nSPS) is 9.00. The van der Waals surface area contributed by atoms with Crippen LogP contribution >= 0.6 is 0 Å². The fourth-order valence-corrected chi connectivity index (χ4v) is 0.988. The van der Waals surface area contributed by atoms with Crippen molar-refractivity contribution < 1.29 is 9.53 Å². The molecule has 3 nitrogen and oxygen atoms in total. The molecule has 0 heterocycles. The maximum absolute atomic E-state index is 9.75. The number of hydrogen-bond donors (Lipinski definition) is 0. The lowest BCUT2D eigenvalue weighted by atomic mass is 10.2. The van der Waals surface area contributed by atoms with Crippen molar-refractivity contribution in [3.05, 3.63) is 29.8 Å². The van der Waals surface area contributed by atoms with E-state index in [4.69, 9.17) is 4.74 Å². The molecular formula is C10H11NO2. The Balaban J connectivity index is 2.60. The molecule has 3 heteroatoms. The molecule has 0 amide bonds. The fourth-order valence-electron chi connectivity index (χ4n) is 0.988. The van der Waals surface area contributed by atoms with Gasteiger partial charge in [0.2, 0.25) is 6.08 Å². The third kappa shape index (κ3) is 3.09. The molecule has 0 spiro atoms. The van der Waals surface area contributed by atoms with Gasteiger partial charge in [-0.25, -0.2) is 4.79 Å². The van der Waals surface area contributed by atoms with Gasteiger partial charge in [0, 0.05) is 0 Å². The first kappa shape index (κ1) is 9.49. The molecule has 13 heavy (non-hydrogen) atoms. The second kappa shape index (κ2) is 5.12. The number of rotatable bonds is 4. The summed E-state index contributed by atoms with van der Waals surface area (Å²) in [6.07, 6.45) is 2.38. The molecule has 0 aliphatic rings. The highest BCUT2D eigenvalue weighted by Crippen LogP contribution is 2.13. The van der Waals surface area contributed by atoms with Gasteiger partial charge in [0.1, 0.15) is 5.75 Å². The Labute approximate surface area is 77.1 Å². The monoisotopic (exact) mass is 177 g/mol. The molecule has 0 radical (unpaired) electrons. The Morgan fingerprint density at radius 3 is 3.08 bits per heavy atom. The first-order chi connectivity index (χ1) is 6.36. The van der Waals surface area contributed by atoms with Crippen molar-refractivity contribution in [1.82, 2.24) is 0 Å². The summed E-state index contributed by atoms with van der Waals surface area (Å²) in [6.45, 7) is 2.11. The molecule has 0 aliphatic carbocycles. The van der Waals surface area contributed by atoms with Gasteiger partial charge in [-0.1, -0.05) is 19.1 Å². The van der Waals surface area contributed by atoms with E-state index >= 15 is 0 Å². The summed E-state index contributed by atoms with van der Waals surface area (Å²) in [6, 6.07) is 7.70. The minimum atomic E-state index is 0.0384. The fraction of sp³-hybridized carbons (Fsp3) is 0.300. The van der Waals surface area contributed by atoms with E-state index in [1.165, 1.54) is 11.6 Å². The van der Waals surface area contributed by atoms with E-state index < -0.39 is 0 Å². The van der Waals surface area contributed by atoms with Gasteiger partial charge in [-0.05, 0) is 24.1 Å². The summed E-state index contributed by atoms with van der Waals surface area (Å²) in [5.41, 5.74) is 1.20. The van der Waals surface area contributed by atoms with Crippen molar-refractivity contribution in [3.8, 4) is 5.75 Å². The number of hydrogen-bond acceptors (Lipinski definition) is 3. The SMILES string of the molecule is CCc1cccc(OCN=C=O)c1. The molecular weight excluding hydrogens is 166 g/mol. The van der Waals surface area contributed by atoms with Crippen molar-refractivity contribution in [3.63, 3.8) is 0 Å². The first-order valence-corrected chi connectivity index (χ1v) is 4.12. The van der Waals surface area contributed by atoms with E-state index in [2.05, 4.69) is 11.9 Å². The van der Waals surface area contributed by atoms with Crippen LogP contribution in [0.4, 0.5) is 0 Å². The highest BCUT2D eigenvalue weighted by atomic mass is 16.5. The standard InChI is InChI=1S/C10H11NO2/c1-2-9-4-3-5-10(6-9)13-8-11-7-12/h3-6H,2,8H2,1H3. The number of aliphatic imine (C=N–C) groups is 1. The van der Waals surface area contributed by atoms with E-state index in [-0.39, 0.29) is 6.73 Å². The van der Waals surface area contributed by atoms with E-state index in [0.29, 0.717) is 0 Å². The quantitative estimate of drug-likeness (QED) is 0.520. The van der Waals surface area contributed by atoms with Gasteiger partial charge in [0.25, 0.3) is 0 Å². The van der Waals surface area contributed by atoms with Crippen molar-refractivity contribution in [2.75, 3.05) is 6.73 Å². The highest BCUT2D eigenvalue weighted by molar-refractivity contribution is 5.33. The molecule has 0 aliphatic heterocycles. The molecule has 68 valence electrons. The summed E-state index contributed by atoms with van der Waals surface area (Å²) in [7, 11) is 0. The van der Waals surface area contributed by atoms with Crippen LogP contribution in [-0.2, 0) is 11.2 Å². The van der Waals surface area contributed by atoms with Crippen LogP contribution in [0.1, 0.15) is 12.5 Å². The van der Waals surface area contributed by atoms with E-state index in [1.54, 1.807) is 0 Å². The maximum Gasteiger partial charge on any atom is 0.238 e. The highest BCUT2D eigenvalue weighted by Gasteiger charge is 1.93. The van der Waals surface area contributed by atoms with Crippen LogP contribution in [0.15, 0.2) is 29.3 Å². The predicted molar refractivity (Wildman–Crippen MR) is 49.4 cm³/mol. The van der Waals surface area contributed by atoms with Crippen LogP contribution in [0, 0.1) is 0 Å². The lowest BCUT2D eigenvalue weighted by molar-refractivity contribution is 0.330. The number of nitrogens with zero attached hydrogens (tertiary/aromatic N) is 1. The number of isocyanates is 1. The molecule has 0 N–H and O–H groups in total. The van der Waals surface area contributed by atoms with Gasteiger partial charge in [-0.3, -0.25) is 0 Å². The molecule has 0 fully saturated rings. The smallest absolute Gasteiger partial charge is 0.238 e. The minimum Gasteiger partial charge on any atom is -0.470 e. The van der Waals surface area contributed by atoms with Gasteiger partial charge in [-0.2, -0.15) is 4.99 Å². The van der Waals surface area contributed by atoms with Crippen LogP contribution in [0.5, 0.6) is 5.75 Å². The maximum atomic E-state index is 9.75. The molecule has 0 saturated heterocycles. The molecule has 1 aromatic carbocycles. The van der Waals surface area contributed by atoms with Gasteiger partial charge in [-0.15, -0.1) is 0 Å². The van der Waals surface area contributed by atoms with Crippen LogP contribution in [-0.4, -0.2) is 12.8 Å². The second-order valence-electron chi connectivity index (χ2n) is 2.52. The Bertz CT molecular complexity index is 316. The van der Waals surface area contributed by atoms with Crippen molar-refractivity contribution in [2.24, 2.45) is 4.99 Å². The summed E-state index contributed by atoms with van der Waals surface area (Å²) in [4.78, 5) is 13.0. The topological polar surface area (TPSA) is 38.7 Å². The second-order valence-corrected chi connectivity index (χ2v) is 2.52. The van der Waals surface area contributed by atoms with Gasteiger partial charge in [0.05, 0.1) is 0 Å². The molecule has 1 aromatic rings. The van der Waals surface area contributed by atoms with E-state index in [9.17, 15) is 4.79 Å². The average Bonchev–Trinajstić information content (AvgIpc) is 2.19. The van der Waals surface area contributed by atoms with Crippen molar-refractivity contribution >= 4 is 6.08 Å². The Morgan fingerprint density at radius 1 is 1.54 bits per heavy atom. The minimum absolute atomic E-state index is 0.0384. The molecule has 0 unspecified atom stereocenters. The van der Waals surface area contributed by atoms with Gasteiger partial charge >= 0.3 is 0 Å². The van der Waals surface area contributed by atoms with E-state index in [0.717, 1.165) is 12.2 Å². The van der Waals surface area contributed by atoms with Crippen LogP contribution in [0.3, 0.4) is 0 Å². The molecule has 0 bridgehead atoms. The first-order valence-electron chi connectivity index (χ1n) is 4.12. The van der Waals surface area contributed by atoms with Crippen LogP contribution < -0.4 is 4.74 Å². The lowest BCUT2D eigenvalue weighted by Crippen LogP contribution is -1.93. The molecule has 1 rings (SSSR count). The Hall–Kier alpha value is -1.60. The molecule has 0 aromatic heterocycles. The average molecular weight is 177 g/mol. The number of ether oxygens (including phenoxy) is 1. The number of benzene rings is 1. The zero-order valence-corrected chi connectivity index (χ0v) is 7.49. The van der Waals surface area contributed by atoms with Crippen molar-refractivity contribution in [2.45, 2.75) is 13.3 Å². The summed E-state index contributed by atoms with van der Waals surface area (Å²) in [5, 5.41) is 0. The Kier molecular flexibility index (Phi) is 3.74. The Morgan fingerprint density at radius 2 is 2.38 bits per heavy atom. The number of aryl methyl sites for hydroxylation is 1. The van der Waals surface area contributed by atoms with Crippen molar-refractivity contribution in [1.29, 1.82) is 0 Å². The third-order valence-corrected chi connectivity index (χ3v) is 1.67. The summed E-state index contributed by atoms with van der Waals surface area (Å²) in [5.74, 6) is 0.735. The summed E-state index contributed by atoms with van der Waals surface area (Å²) < 4.78 is 5.16. The largest absolute Gasteiger partial charge is 0.470 e. The lowest BCUT2D eigenvalue weighted by Gasteiger charge is -2.02. The third-order valence-electron chi connectivity index (χ3n) is 1.67. The zero-order valence-electron chi connectivity index (χ0n) is 7.49.